The average Bonchev–Trinajstić information content (AvgIpc) is 3.00. The SMILES string of the molecule is CCNC(=O)[C@@H](C)N[C@H](c1ccc(C)cc1)c1cccs1. The topological polar surface area (TPSA) is 41.1 Å². The molecule has 0 aliphatic rings. The summed E-state index contributed by atoms with van der Waals surface area (Å²) in [7, 11) is 0. The van der Waals surface area contributed by atoms with E-state index >= 15 is 0 Å². The number of aryl methyl sites for hydroxylation is 1. The molecule has 112 valence electrons. The molecule has 0 radical (unpaired) electrons. The summed E-state index contributed by atoms with van der Waals surface area (Å²) < 4.78 is 0. The number of likely N-dealkylation sites (N-methyl/N-ethyl adjacent to an activating group) is 1. The second-order valence-electron chi connectivity index (χ2n) is 5.14. The number of carbonyl (C=O) groups excluding carboxylic acids is 1. The summed E-state index contributed by atoms with van der Waals surface area (Å²) in [6.07, 6.45) is 0. The second-order valence-corrected chi connectivity index (χ2v) is 6.12. The molecule has 2 N–H and O–H groups in total. The molecule has 0 spiro atoms. The Kier molecular flexibility index (Phi) is 5.53. The smallest absolute Gasteiger partial charge is 0.236 e. The fraction of sp³-hybridized carbons (Fsp3) is 0.353. The van der Waals surface area contributed by atoms with E-state index in [4.69, 9.17) is 0 Å². The van der Waals surface area contributed by atoms with Crippen molar-refractivity contribution in [1.29, 1.82) is 0 Å². The van der Waals surface area contributed by atoms with Crippen LogP contribution in [0, 0.1) is 6.92 Å². The van der Waals surface area contributed by atoms with E-state index in [1.807, 2.05) is 19.9 Å². The highest BCUT2D eigenvalue weighted by Crippen LogP contribution is 2.26. The van der Waals surface area contributed by atoms with Gasteiger partial charge in [-0.3, -0.25) is 10.1 Å². The van der Waals surface area contributed by atoms with Gasteiger partial charge in [-0.2, -0.15) is 0 Å². The van der Waals surface area contributed by atoms with Crippen molar-refractivity contribution in [2.24, 2.45) is 0 Å². The van der Waals surface area contributed by atoms with E-state index in [0.29, 0.717) is 6.54 Å². The Hall–Kier alpha value is -1.65. The first-order valence-electron chi connectivity index (χ1n) is 7.25. The maximum absolute atomic E-state index is 12.0. The van der Waals surface area contributed by atoms with Crippen molar-refractivity contribution < 1.29 is 4.79 Å². The molecule has 4 heteroatoms. The van der Waals surface area contributed by atoms with Crippen molar-refractivity contribution in [3.63, 3.8) is 0 Å². The van der Waals surface area contributed by atoms with Crippen LogP contribution in [0.3, 0.4) is 0 Å². The number of rotatable bonds is 6. The van der Waals surface area contributed by atoms with Gasteiger partial charge in [-0.05, 0) is 37.8 Å². The summed E-state index contributed by atoms with van der Waals surface area (Å²) in [6.45, 7) is 6.56. The minimum Gasteiger partial charge on any atom is -0.355 e. The van der Waals surface area contributed by atoms with Gasteiger partial charge in [0.25, 0.3) is 0 Å². The van der Waals surface area contributed by atoms with Crippen LogP contribution in [0.5, 0.6) is 0 Å². The van der Waals surface area contributed by atoms with Crippen LogP contribution in [-0.4, -0.2) is 18.5 Å². The molecule has 21 heavy (non-hydrogen) atoms. The molecular formula is C17H22N2OS. The predicted molar refractivity (Wildman–Crippen MR) is 88.6 cm³/mol. The first kappa shape index (κ1) is 15.7. The molecule has 0 aliphatic carbocycles. The van der Waals surface area contributed by atoms with E-state index in [2.05, 4.69) is 53.3 Å². The number of carbonyl (C=O) groups is 1. The minimum absolute atomic E-state index is 0.0335. The molecule has 1 aromatic heterocycles. The molecule has 0 bridgehead atoms. The molecule has 2 rings (SSSR count). The molecule has 0 saturated carbocycles. The molecule has 1 aromatic carbocycles. The van der Waals surface area contributed by atoms with Gasteiger partial charge in [0.1, 0.15) is 0 Å². The van der Waals surface area contributed by atoms with Crippen molar-refractivity contribution in [2.45, 2.75) is 32.9 Å². The number of thiophene rings is 1. The van der Waals surface area contributed by atoms with E-state index in [-0.39, 0.29) is 18.0 Å². The van der Waals surface area contributed by atoms with Gasteiger partial charge in [0.05, 0.1) is 12.1 Å². The monoisotopic (exact) mass is 302 g/mol. The van der Waals surface area contributed by atoms with Gasteiger partial charge >= 0.3 is 0 Å². The van der Waals surface area contributed by atoms with Crippen molar-refractivity contribution in [3.8, 4) is 0 Å². The molecule has 0 saturated heterocycles. The highest BCUT2D eigenvalue weighted by molar-refractivity contribution is 7.10. The Morgan fingerprint density at radius 3 is 2.52 bits per heavy atom. The van der Waals surface area contributed by atoms with Gasteiger partial charge < -0.3 is 5.32 Å². The Bertz CT molecular complexity index is 563. The third-order valence-corrected chi connectivity index (χ3v) is 4.34. The predicted octanol–water partition coefficient (Wildman–Crippen LogP) is 3.26. The second kappa shape index (κ2) is 7.38. The third-order valence-electron chi connectivity index (χ3n) is 3.40. The summed E-state index contributed by atoms with van der Waals surface area (Å²) in [6, 6.07) is 12.4. The van der Waals surface area contributed by atoms with E-state index in [1.165, 1.54) is 16.0 Å². The molecule has 3 nitrogen and oxygen atoms in total. The summed E-state index contributed by atoms with van der Waals surface area (Å²) >= 11 is 1.70. The molecule has 0 unspecified atom stereocenters. The van der Waals surface area contributed by atoms with Crippen molar-refractivity contribution >= 4 is 17.2 Å². The molecule has 0 fully saturated rings. The van der Waals surface area contributed by atoms with E-state index in [0.717, 1.165) is 0 Å². The zero-order valence-electron chi connectivity index (χ0n) is 12.7. The highest BCUT2D eigenvalue weighted by Gasteiger charge is 2.20. The van der Waals surface area contributed by atoms with Crippen LogP contribution in [-0.2, 0) is 4.79 Å². The molecular weight excluding hydrogens is 280 g/mol. The van der Waals surface area contributed by atoms with Crippen molar-refractivity contribution in [3.05, 3.63) is 57.8 Å². The van der Waals surface area contributed by atoms with Crippen LogP contribution < -0.4 is 10.6 Å². The van der Waals surface area contributed by atoms with Crippen molar-refractivity contribution in [2.75, 3.05) is 6.54 Å². The van der Waals surface area contributed by atoms with E-state index in [1.54, 1.807) is 11.3 Å². The van der Waals surface area contributed by atoms with Crippen LogP contribution >= 0.6 is 11.3 Å². The maximum atomic E-state index is 12.0. The average molecular weight is 302 g/mol. The first-order valence-corrected chi connectivity index (χ1v) is 8.13. The molecule has 1 heterocycles. The fourth-order valence-electron chi connectivity index (χ4n) is 2.21. The lowest BCUT2D eigenvalue weighted by atomic mass is 10.0. The zero-order chi connectivity index (χ0) is 15.2. The Morgan fingerprint density at radius 1 is 1.24 bits per heavy atom. The molecule has 1 amide bonds. The Morgan fingerprint density at radius 2 is 1.95 bits per heavy atom. The first-order chi connectivity index (χ1) is 10.1. The van der Waals surface area contributed by atoms with Crippen LogP contribution in [0.2, 0.25) is 0 Å². The quantitative estimate of drug-likeness (QED) is 0.860. The fourth-order valence-corrected chi connectivity index (χ4v) is 3.02. The molecule has 0 aliphatic heterocycles. The van der Waals surface area contributed by atoms with Gasteiger partial charge in [-0.1, -0.05) is 35.9 Å². The van der Waals surface area contributed by atoms with Crippen LogP contribution in [0.25, 0.3) is 0 Å². The Labute approximate surface area is 130 Å². The standard InChI is InChI=1S/C17H22N2OS/c1-4-18-17(20)13(3)19-16(15-6-5-11-21-15)14-9-7-12(2)8-10-14/h5-11,13,16,19H,4H2,1-3H3,(H,18,20)/t13-,16-/m1/s1. The molecule has 2 aromatic rings. The zero-order valence-corrected chi connectivity index (χ0v) is 13.5. The minimum atomic E-state index is -0.238. The third kappa shape index (κ3) is 4.16. The lowest BCUT2D eigenvalue weighted by Gasteiger charge is -2.22. The molecule has 2 atom stereocenters. The largest absolute Gasteiger partial charge is 0.355 e. The summed E-state index contributed by atoms with van der Waals surface area (Å²) in [5.74, 6) is 0.0335. The van der Waals surface area contributed by atoms with Gasteiger partial charge in [-0.15, -0.1) is 11.3 Å². The number of hydrogen-bond donors (Lipinski definition) is 2. The Balaban J connectivity index is 2.21. The van der Waals surface area contributed by atoms with Gasteiger partial charge in [0.2, 0.25) is 5.91 Å². The van der Waals surface area contributed by atoms with Gasteiger partial charge in [0.15, 0.2) is 0 Å². The normalized spacial score (nSPS) is 13.7. The summed E-state index contributed by atoms with van der Waals surface area (Å²) in [5.41, 5.74) is 2.42. The highest BCUT2D eigenvalue weighted by atomic mass is 32.1. The number of hydrogen-bond acceptors (Lipinski definition) is 3. The summed E-state index contributed by atoms with van der Waals surface area (Å²) in [4.78, 5) is 13.2. The lowest BCUT2D eigenvalue weighted by molar-refractivity contribution is -0.122. The lowest BCUT2D eigenvalue weighted by Crippen LogP contribution is -2.43. The van der Waals surface area contributed by atoms with Gasteiger partial charge in [0, 0.05) is 11.4 Å². The summed E-state index contributed by atoms with van der Waals surface area (Å²) in [5, 5.41) is 8.36. The number of nitrogens with one attached hydrogen (secondary N) is 2. The van der Waals surface area contributed by atoms with Gasteiger partial charge in [-0.25, -0.2) is 0 Å². The maximum Gasteiger partial charge on any atom is 0.236 e. The van der Waals surface area contributed by atoms with Crippen LogP contribution in [0.4, 0.5) is 0 Å². The van der Waals surface area contributed by atoms with Crippen LogP contribution in [0.15, 0.2) is 41.8 Å². The van der Waals surface area contributed by atoms with Crippen molar-refractivity contribution in [1.82, 2.24) is 10.6 Å². The number of amides is 1. The number of benzene rings is 1. The van der Waals surface area contributed by atoms with Crippen LogP contribution in [0.1, 0.15) is 35.9 Å². The van der Waals surface area contributed by atoms with E-state index in [9.17, 15) is 4.79 Å². The van der Waals surface area contributed by atoms with E-state index < -0.39 is 0 Å².